The number of amides is 1. The predicted molar refractivity (Wildman–Crippen MR) is 107 cm³/mol. The molecule has 0 saturated carbocycles. The number of halogens is 1. The Bertz CT molecular complexity index is 923. The first-order valence-corrected chi connectivity index (χ1v) is 10.1. The number of carbonyl (C=O) groups is 1. The number of aromatic amines is 1. The highest BCUT2D eigenvalue weighted by molar-refractivity contribution is 5.66. The monoisotopic (exact) mass is 419 g/mol. The Morgan fingerprint density at radius 2 is 2.07 bits per heavy atom. The van der Waals surface area contributed by atoms with Crippen molar-refractivity contribution in [3.63, 3.8) is 0 Å². The first-order valence-electron chi connectivity index (χ1n) is 10.1. The minimum Gasteiger partial charge on any atom is -0.465 e. The summed E-state index contributed by atoms with van der Waals surface area (Å²) in [4.78, 5) is 23.7. The maximum Gasteiger partial charge on any atom is 0.407 e. The van der Waals surface area contributed by atoms with Crippen LogP contribution < -0.4 is 10.2 Å². The number of aromatic nitrogens is 4. The van der Waals surface area contributed by atoms with Crippen LogP contribution in [0.4, 0.5) is 26.8 Å². The van der Waals surface area contributed by atoms with Gasteiger partial charge in [0.1, 0.15) is 5.69 Å². The Balaban J connectivity index is 1.60. The van der Waals surface area contributed by atoms with Crippen molar-refractivity contribution in [1.82, 2.24) is 25.1 Å². The molecule has 0 aliphatic carbocycles. The van der Waals surface area contributed by atoms with E-state index in [9.17, 15) is 19.4 Å². The maximum absolute atomic E-state index is 14.7. The second-order valence-corrected chi connectivity index (χ2v) is 8.02. The van der Waals surface area contributed by atoms with Gasteiger partial charge in [0.2, 0.25) is 5.95 Å². The van der Waals surface area contributed by atoms with Crippen molar-refractivity contribution in [2.45, 2.75) is 63.8 Å². The zero-order valence-electron chi connectivity index (χ0n) is 17.0. The number of rotatable bonds is 5. The number of piperidine rings is 2. The van der Waals surface area contributed by atoms with Gasteiger partial charge in [-0.25, -0.2) is 14.2 Å². The van der Waals surface area contributed by atoms with E-state index in [1.807, 2.05) is 18.9 Å². The Morgan fingerprint density at radius 3 is 2.63 bits per heavy atom. The van der Waals surface area contributed by atoms with Crippen LogP contribution in [-0.2, 0) is 6.61 Å². The zero-order valence-corrected chi connectivity index (χ0v) is 17.0. The van der Waals surface area contributed by atoms with E-state index in [-0.39, 0.29) is 35.6 Å². The average molecular weight is 419 g/mol. The van der Waals surface area contributed by atoms with Gasteiger partial charge in [-0.1, -0.05) is 0 Å². The number of aliphatic hydroxyl groups excluding tert-OH is 1. The molecule has 2 fully saturated rings. The summed E-state index contributed by atoms with van der Waals surface area (Å²) in [5.41, 5.74) is 0.702. The van der Waals surface area contributed by atoms with Gasteiger partial charge in [-0.2, -0.15) is 10.1 Å². The van der Waals surface area contributed by atoms with Gasteiger partial charge in [0, 0.05) is 36.9 Å². The second kappa shape index (κ2) is 8.05. The summed E-state index contributed by atoms with van der Waals surface area (Å²) in [6.07, 6.45) is 3.15. The molecule has 0 unspecified atom stereocenters. The molecule has 2 aliphatic rings. The lowest BCUT2D eigenvalue weighted by atomic mass is 9.81. The van der Waals surface area contributed by atoms with E-state index in [1.54, 1.807) is 11.0 Å². The number of hydrogen-bond donors (Lipinski definition) is 4. The van der Waals surface area contributed by atoms with Gasteiger partial charge in [-0.05, 0) is 39.0 Å². The van der Waals surface area contributed by atoms with Crippen LogP contribution in [0.25, 0.3) is 0 Å². The molecule has 30 heavy (non-hydrogen) atoms. The number of nitrogens with one attached hydrogen (secondary N) is 2. The van der Waals surface area contributed by atoms with E-state index >= 15 is 0 Å². The third-order valence-electron chi connectivity index (χ3n) is 6.04. The largest absolute Gasteiger partial charge is 0.465 e. The molecule has 2 aromatic heterocycles. The molecule has 2 saturated heterocycles. The van der Waals surface area contributed by atoms with Crippen LogP contribution in [0.2, 0.25) is 0 Å². The van der Waals surface area contributed by atoms with E-state index in [0.29, 0.717) is 18.7 Å². The molecule has 3 atom stereocenters. The van der Waals surface area contributed by atoms with E-state index in [2.05, 4.69) is 25.5 Å². The number of aryl methyl sites for hydroxylation is 1. The molecule has 0 radical (unpaired) electrons. The van der Waals surface area contributed by atoms with Gasteiger partial charge in [0.05, 0.1) is 6.61 Å². The molecule has 10 nitrogen and oxygen atoms in total. The van der Waals surface area contributed by atoms with Crippen LogP contribution in [0.5, 0.6) is 0 Å². The SMILES string of the molecule is Cc1cc(Nc2nc(N(C)[C@H]3C[C@H]4CCC[C@@H](C3)N4C(=O)O)nc(CO)c2F)n[nH]1. The molecule has 0 spiro atoms. The Kier molecular flexibility index (Phi) is 5.46. The standard InChI is InChI=1S/C19H26FN7O3/c1-10-6-15(25-24-10)22-17-16(20)14(9-28)21-18(23-17)26(2)13-7-11-4-3-5-12(8-13)27(11)19(29)30/h6,11-13,28H,3-5,7-9H2,1-2H3,(H,29,30)(H2,21,22,23,24,25)/t11-,12+,13+. The van der Waals surface area contributed by atoms with Crippen molar-refractivity contribution < 1.29 is 19.4 Å². The summed E-state index contributed by atoms with van der Waals surface area (Å²) in [6, 6.07) is 1.66. The molecule has 4 rings (SSSR count). The minimum absolute atomic E-state index is 0.0217. The molecular formula is C19H26FN7O3. The number of nitrogens with zero attached hydrogens (tertiary/aromatic N) is 5. The number of H-pyrrole nitrogens is 1. The quantitative estimate of drug-likeness (QED) is 0.581. The number of aliphatic hydroxyl groups is 1. The van der Waals surface area contributed by atoms with Crippen molar-refractivity contribution in [2.24, 2.45) is 0 Å². The van der Waals surface area contributed by atoms with E-state index < -0.39 is 18.5 Å². The Labute approximate surface area is 173 Å². The molecule has 0 aromatic carbocycles. The molecule has 4 heterocycles. The minimum atomic E-state index is -0.868. The molecule has 4 N–H and O–H groups in total. The van der Waals surface area contributed by atoms with Gasteiger partial charge >= 0.3 is 6.09 Å². The van der Waals surface area contributed by atoms with Gasteiger partial charge in [-0.15, -0.1) is 0 Å². The fourth-order valence-corrected chi connectivity index (χ4v) is 4.57. The predicted octanol–water partition coefficient (Wildman–Crippen LogP) is 2.38. The number of fused-ring (bicyclic) bond motifs is 2. The van der Waals surface area contributed by atoms with Crippen LogP contribution >= 0.6 is 0 Å². The molecule has 11 heteroatoms. The summed E-state index contributed by atoms with van der Waals surface area (Å²) in [5, 5.41) is 28.8. The number of carboxylic acid groups (broad SMARTS) is 1. The number of anilines is 3. The topological polar surface area (TPSA) is 130 Å². The van der Waals surface area contributed by atoms with Crippen LogP contribution in [0.15, 0.2) is 6.07 Å². The third-order valence-corrected chi connectivity index (χ3v) is 6.04. The fraction of sp³-hybridized carbons (Fsp3) is 0.579. The van der Waals surface area contributed by atoms with Crippen LogP contribution in [0.3, 0.4) is 0 Å². The number of hydrogen-bond acceptors (Lipinski definition) is 7. The lowest BCUT2D eigenvalue weighted by Gasteiger charge is -2.49. The first kappa shape index (κ1) is 20.3. The van der Waals surface area contributed by atoms with Crippen LogP contribution in [0.1, 0.15) is 43.5 Å². The van der Waals surface area contributed by atoms with Crippen molar-refractivity contribution >= 4 is 23.7 Å². The van der Waals surface area contributed by atoms with Gasteiger partial charge < -0.3 is 25.3 Å². The maximum atomic E-state index is 14.7. The summed E-state index contributed by atoms with van der Waals surface area (Å²) < 4.78 is 14.7. The molecule has 2 bridgehead atoms. The van der Waals surface area contributed by atoms with E-state index in [0.717, 1.165) is 25.0 Å². The second-order valence-electron chi connectivity index (χ2n) is 8.02. The lowest BCUT2D eigenvalue weighted by Crippen LogP contribution is -2.58. The zero-order chi connectivity index (χ0) is 21.4. The molecule has 1 amide bonds. The smallest absolute Gasteiger partial charge is 0.407 e. The van der Waals surface area contributed by atoms with Crippen LogP contribution in [-0.4, -0.2) is 66.5 Å². The fourth-order valence-electron chi connectivity index (χ4n) is 4.57. The molecule has 2 aliphatic heterocycles. The van der Waals surface area contributed by atoms with E-state index in [1.165, 1.54) is 0 Å². The van der Waals surface area contributed by atoms with Crippen molar-refractivity contribution in [2.75, 3.05) is 17.3 Å². The summed E-state index contributed by atoms with van der Waals surface area (Å²) in [7, 11) is 1.83. The first-order chi connectivity index (χ1) is 14.4. The van der Waals surface area contributed by atoms with Crippen molar-refractivity contribution in [1.29, 1.82) is 0 Å². The van der Waals surface area contributed by atoms with E-state index in [4.69, 9.17) is 0 Å². The molecule has 162 valence electrons. The Morgan fingerprint density at radius 1 is 1.37 bits per heavy atom. The highest BCUT2D eigenvalue weighted by Gasteiger charge is 2.42. The Hall–Kier alpha value is -2.95. The lowest BCUT2D eigenvalue weighted by molar-refractivity contribution is 0.0351. The summed E-state index contributed by atoms with van der Waals surface area (Å²) >= 11 is 0. The highest BCUT2D eigenvalue weighted by atomic mass is 19.1. The normalized spacial score (nSPS) is 23.3. The summed E-state index contributed by atoms with van der Waals surface area (Å²) in [6.45, 7) is 1.26. The van der Waals surface area contributed by atoms with Gasteiger partial charge in [0.15, 0.2) is 17.5 Å². The highest BCUT2D eigenvalue weighted by Crippen LogP contribution is 2.36. The van der Waals surface area contributed by atoms with Gasteiger partial charge in [0.25, 0.3) is 0 Å². The van der Waals surface area contributed by atoms with Crippen LogP contribution in [0, 0.1) is 12.7 Å². The van der Waals surface area contributed by atoms with Crippen molar-refractivity contribution in [3.8, 4) is 0 Å². The molecular weight excluding hydrogens is 393 g/mol. The summed E-state index contributed by atoms with van der Waals surface area (Å²) in [5.74, 6) is -0.104. The van der Waals surface area contributed by atoms with Gasteiger partial charge in [-0.3, -0.25) is 5.10 Å². The average Bonchev–Trinajstić information content (AvgIpc) is 3.12. The molecule has 2 aromatic rings. The third kappa shape index (κ3) is 3.76. The van der Waals surface area contributed by atoms with Crippen molar-refractivity contribution in [3.05, 3.63) is 23.3 Å².